The highest BCUT2D eigenvalue weighted by Gasteiger charge is 2.35. The number of carbonyl (C=O) groups excluding carboxylic acids is 2. The van der Waals surface area contributed by atoms with Gasteiger partial charge in [-0.3, -0.25) is 9.59 Å². The Balaban J connectivity index is 2.20. The molecule has 5 heteroatoms. The first-order chi connectivity index (χ1) is 9.63. The fraction of sp³-hybridized carbons (Fsp3) is 0.467. The van der Waals surface area contributed by atoms with Crippen LogP contribution in [-0.4, -0.2) is 42.6 Å². The van der Waals surface area contributed by atoms with Crippen LogP contribution in [0.5, 0.6) is 0 Å². The molecule has 1 saturated heterocycles. The van der Waals surface area contributed by atoms with E-state index in [1.165, 1.54) is 0 Å². The lowest BCUT2D eigenvalue weighted by molar-refractivity contribution is -0.165. The van der Waals surface area contributed by atoms with E-state index in [9.17, 15) is 9.59 Å². The normalized spacial score (nSPS) is 22.7. The molecule has 1 amide bonds. The van der Waals surface area contributed by atoms with E-state index < -0.39 is 12.1 Å². The highest BCUT2D eigenvalue weighted by molar-refractivity contribution is 5.85. The van der Waals surface area contributed by atoms with Gasteiger partial charge in [-0.1, -0.05) is 30.3 Å². The van der Waals surface area contributed by atoms with Crippen LogP contribution in [0.2, 0.25) is 0 Å². The van der Waals surface area contributed by atoms with E-state index >= 15 is 0 Å². The molecule has 1 heterocycles. The van der Waals surface area contributed by atoms with E-state index in [-0.39, 0.29) is 18.5 Å². The third-order valence-electron chi connectivity index (χ3n) is 3.30. The molecule has 0 saturated carbocycles. The summed E-state index contributed by atoms with van der Waals surface area (Å²) in [5, 5.41) is 0. The molecule has 2 atom stereocenters. The van der Waals surface area contributed by atoms with Crippen molar-refractivity contribution in [3.05, 3.63) is 35.9 Å². The summed E-state index contributed by atoms with van der Waals surface area (Å²) in [6, 6.07) is 9.32. The van der Waals surface area contributed by atoms with Crippen molar-refractivity contribution < 1.29 is 19.1 Å². The van der Waals surface area contributed by atoms with E-state index in [1.807, 2.05) is 30.3 Å². The number of ether oxygens (including phenoxy) is 2. The Morgan fingerprint density at radius 2 is 2.10 bits per heavy atom. The molecule has 0 bridgehead atoms. The highest BCUT2D eigenvalue weighted by atomic mass is 16.5. The summed E-state index contributed by atoms with van der Waals surface area (Å²) in [6.07, 6.45) is -0.524. The summed E-state index contributed by atoms with van der Waals surface area (Å²) in [4.78, 5) is 25.5. The number of amides is 1. The van der Waals surface area contributed by atoms with Crippen LogP contribution < -0.4 is 0 Å². The first-order valence-electron chi connectivity index (χ1n) is 6.76. The Bertz CT molecular complexity index is 474. The van der Waals surface area contributed by atoms with Crippen LogP contribution in [0.3, 0.4) is 0 Å². The van der Waals surface area contributed by atoms with Crippen molar-refractivity contribution in [2.75, 3.05) is 19.8 Å². The summed E-state index contributed by atoms with van der Waals surface area (Å²) in [5.41, 5.74) is 0.956. The number of nitrogens with zero attached hydrogens (tertiary/aromatic N) is 1. The minimum atomic E-state index is -0.524. The number of hydrogen-bond donors (Lipinski definition) is 0. The van der Waals surface area contributed by atoms with E-state index in [4.69, 9.17) is 9.47 Å². The molecule has 20 heavy (non-hydrogen) atoms. The molecule has 0 radical (unpaired) electrons. The summed E-state index contributed by atoms with van der Waals surface area (Å²) in [7, 11) is 0. The van der Waals surface area contributed by atoms with E-state index in [0.29, 0.717) is 13.2 Å². The maximum absolute atomic E-state index is 12.2. The van der Waals surface area contributed by atoms with Gasteiger partial charge in [0, 0.05) is 0 Å². The van der Waals surface area contributed by atoms with E-state index in [2.05, 4.69) is 0 Å². The van der Waals surface area contributed by atoms with Crippen LogP contribution in [0.25, 0.3) is 0 Å². The van der Waals surface area contributed by atoms with E-state index in [1.54, 1.807) is 18.7 Å². The van der Waals surface area contributed by atoms with E-state index in [0.717, 1.165) is 5.56 Å². The molecule has 0 spiro atoms. The van der Waals surface area contributed by atoms with Crippen LogP contribution in [0.15, 0.2) is 30.3 Å². The van der Waals surface area contributed by atoms with Gasteiger partial charge < -0.3 is 14.4 Å². The summed E-state index contributed by atoms with van der Waals surface area (Å²) in [5.74, 6) is -0.575. The lowest BCUT2D eigenvalue weighted by Crippen LogP contribution is -2.50. The molecule has 1 aliphatic rings. The van der Waals surface area contributed by atoms with Gasteiger partial charge in [0.15, 0.2) is 0 Å². The van der Waals surface area contributed by atoms with Crippen molar-refractivity contribution in [1.82, 2.24) is 4.90 Å². The summed E-state index contributed by atoms with van der Waals surface area (Å²) >= 11 is 0. The molecule has 1 aromatic rings. The number of hydrogen-bond acceptors (Lipinski definition) is 4. The SMILES string of the molecule is CCOC(=O)CN1C(=O)[C@@H](C)OC[C@H]1c1ccccc1. The van der Waals surface area contributed by atoms with Gasteiger partial charge >= 0.3 is 5.97 Å². The van der Waals surface area contributed by atoms with Crippen molar-refractivity contribution in [1.29, 1.82) is 0 Å². The Labute approximate surface area is 118 Å². The van der Waals surface area contributed by atoms with Crippen molar-refractivity contribution in [2.45, 2.75) is 26.0 Å². The lowest BCUT2D eigenvalue weighted by Gasteiger charge is -2.37. The summed E-state index contributed by atoms with van der Waals surface area (Å²) < 4.78 is 10.4. The molecule has 0 unspecified atom stereocenters. The lowest BCUT2D eigenvalue weighted by atomic mass is 10.0. The second-order valence-electron chi connectivity index (χ2n) is 4.67. The van der Waals surface area contributed by atoms with Gasteiger partial charge in [-0.15, -0.1) is 0 Å². The smallest absolute Gasteiger partial charge is 0.325 e. The standard InChI is InChI=1S/C15H19NO4/c1-3-19-14(17)9-16-13(10-20-11(2)15(16)18)12-7-5-4-6-8-12/h4-8,11,13H,3,9-10H2,1-2H3/t11-,13+/m1/s1. The number of morpholine rings is 1. The van der Waals surface area contributed by atoms with Crippen molar-refractivity contribution in [2.24, 2.45) is 0 Å². The topological polar surface area (TPSA) is 55.8 Å². The van der Waals surface area contributed by atoms with Gasteiger partial charge in [-0.2, -0.15) is 0 Å². The second kappa shape index (κ2) is 6.52. The van der Waals surface area contributed by atoms with Gasteiger partial charge in [0.1, 0.15) is 12.6 Å². The molecule has 1 fully saturated rings. The molecule has 1 aromatic carbocycles. The number of benzene rings is 1. The highest BCUT2D eigenvalue weighted by Crippen LogP contribution is 2.26. The predicted octanol–water partition coefficient (Wildman–Crippen LogP) is 1.54. The van der Waals surface area contributed by atoms with Crippen LogP contribution in [0, 0.1) is 0 Å². The monoisotopic (exact) mass is 277 g/mol. The molecule has 0 aliphatic carbocycles. The molecular formula is C15H19NO4. The van der Waals surface area contributed by atoms with Crippen molar-refractivity contribution in [3.63, 3.8) is 0 Å². The van der Waals surface area contributed by atoms with Crippen molar-refractivity contribution >= 4 is 11.9 Å². The molecule has 5 nitrogen and oxygen atoms in total. The van der Waals surface area contributed by atoms with Crippen LogP contribution in [0.1, 0.15) is 25.5 Å². The maximum Gasteiger partial charge on any atom is 0.325 e. The Morgan fingerprint density at radius 1 is 1.40 bits per heavy atom. The minimum absolute atomic E-state index is 0.0417. The quantitative estimate of drug-likeness (QED) is 0.783. The average molecular weight is 277 g/mol. The van der Waals surface area contributed by atoms with Gasteiger partial charge in [0.05, 0.1) is 19.3 Å². The summed E-state index contributed by atoms with van der Waals surface area (Å²) in [6.45, 7) is 4.09. The van der Waals surface area contributed by atoms with Gasteiger partial charge in [-0.25, -0.2) is 0 Å². The number of rotatable bonds is 4. The third kappa shape index (κ3) is 3.17. The third-order valence-corrected chi connectivity index (χ3v) is 3.30. The molecule has 108 valence electrons. The Morgan fingerprint density at radius 3 is 2.75 bits per heavy atom. The largest absolute Gasteiger partial charge is 0.465 e. The van der Waals surface area contributed by atoms with Gasteiger partial charge in [0.25, 0.3) is 5.91 Å². The van der Waals surface area contributed by atoms with Crippen LogP contribution in [-0.2, 0) is 19.1 Å². The predicted molar refractivity (Wildman–Crippen MR) is 72.9 cm³/mol. The molecular weight excluding hydrogens is 258 g/mol. The zero-order valence-corrected chi connectivity index (χ0v) is 11.7. The van der Waals surface area contributed by atoms with Crippen LogP contribution in [0.4, 0.5) is 0 Å². The molecule has 0 N–H and O–H groups in total. The minimum Gasteiger partial charge on any atom is -0.465 e. The Hall–Kier alpha value is -1.88. The molecule has 2 rings (SSSR count). The fourth-order valence-electron chi connectivity index (χ4n) is 2.27. The first kappa shape index (κ1) is 14.5. The maximum atomic E-state index is 12.2. The fourth-order valence-corrected chi connectivity index (χ4v) is 2.27. The van der Waals surface area contributed by atoms with Crippen molar-refractivity contribution in [3.8, 4) is 0 Å². The zero-order valence-electron chi connectivity index (χ0n) is 11.7. The van der Waals surface area contributed by atoms with Gasteiger partial charge in [-0.05, 0) is 19.4 Å². The number of carbonyl (C=O) groups is 2. The molecule has 1 aliphatic heterocycles. The number of esters is 1. The van der Waals surface area contributed by atoms with Gasteiger partial charge in [0.2, 0.25) is 0 Å². The first-order valence-corrected chi connectivity index (χ1v) is 6.76. The molecule has 0 aromatic heterocycles. The second-order valence-corrected chi connectivity index (χ2v) is 4.67. The average Bonchev–Trinajstić information content (AvgIpc) is 2.45. The Kier molecular flexibility index (Phi) is 4.74. The zero-order chi connectivity index (χ0) is 14.5. The van der Waals surface area contributed by atoms with Crippen LogP contribution >= 0.6 is 0 Å².